The fraction of sp³-hybridized carbons (Fsp3) is 0.480. The third kappa shape index (κ3) is 25.9. The molecule has 0 spiro atoms. The number of ether oxygens (including phenoxy) is 3. The maximum atomic E-state index is 13.6. The molecule has 21 heteroatoms. The highest BCUT2D eigenvalue weighted by molar-refractivity contribution is 5.92. The van der Waals surface area contributed by atoms with Crippen molar-refractivity contribution >= 4 is 64.2 Å². The van der Waals surface area contributed by atoms with Gasteiger partial charge in [-0.3, -0.25) is 38.4 Å². The lowest BCUT2D eigenvalue weighted by Gasteiger charge is -2.34. The highest BCUT2D eigenvalue weighted by atomic mass is 16.5. The topological polar surface area (TPSA) is 309 Å². The fourth-order valence-electron chi connectivity index (χ4n) is 6.67. The van der Waals surface area contributed by atoms with Crippen LogP contribution in [-0.4, -0.2) is 127 Å². The summed E-state index contributed by atoms with van der Waals surface area (Å²) in [7, 11) is 0. The van der Waals surface area contributed by atoms with Crippen molar-refractivity contribution in [1.82, 2.24) is 21.3 Å². The number of nitrogens with one attached hydrogen (secondary N) is 7. The Kier molecular flexibility index (Phi) is 26.2. The predicted octanol–water partition coefficient (Wildman–Crippen LogP) is 3.64. The molecule has 21 nitrogen and oxygen atoms in total. The number of Topliss-reactive ketones (excluding diaryl/α,β-unsaturated/α-hetero) is 1. The van der Waals surface area contributed by atoms with Crippen molar-refractivity contribution < 1.29 is 67.9 Å². The Bertz CT molecular complexity index is 1970. The van der Waals surface area contributed by atoms with Crippen LogP contribution in [0.3, 0.4) is 0 Å². The first-order chi connectivity index (χ1) is 33.9. The van der Waals surface area contributed by atoms with Crippen molar-refractivity contribution in [2.24, 2.45) is 11.8 Å². The van der Waals surface area contributed by atoms with Crippen molar-refractivity contribution in [3.63, 3.8) is 0 Å². The van der Waals surface area contributed by atoms with Gasteiger partial charge in [-0.15, -0.1) is 0 Å². The van der Waals surface area contributed by atoms with Crippen molar-refractivity contribution in [3.05, 3.63) is 72.8 Å². The van der Waals surface area contributed by atoms with Gasteiger partial charge in [0.2, 0.25) is 41.4 Å². The number of hydrogen-bond donors (Lipinski definition) is 10. The monoisotopic (exact) mass is 991 g/mol. The van der Waals surface area contributed by atoms with E-state index in [1.807, 2.05) is 13.8 Å². The van der Waals surface area contributed by atoms with Crippen LogP contribution in [-0.2, 0) is 52.6 Å². The standard InChI is InChI=1S/C50H69N7O14/c1-34(30-35(2)36(3)58)4-17-49(68)57-50(31-69-27-21-43(62)51-24-18-46(65)54-37-5-11-40(59)12-6-37,32-70-28-22-44(63)52-25-19-47(66)55-38-7-13-41(60)14-8-38)33-71-29-23-45(64)53-26-20-48(67)56-39-9-15-42(61)16-10-39/h5-16,34-35,59-61H,4,17-33H2,1-3H3,(H,51,62)(H,52,63)(H,53,64)(H,54,65)(H,55,66)(H,56,67)(H,57,68). The van der Waals surface area contributed by atoms with Crippen LogP contribution in [0.4, 0.5) is 17.1 Å². The average Bonchev–Trinajstić information content (AvgIpc) is 3.32. The van der Waals surface area contributed by atoms with E-state index in [0.717, 1.165) is 0 Å². The van der Waals surface area contributed by atoms with E-state index in [4.69, 9.17) is 14.2 Å². The molecule has 3 aromatic rings. The molecular formula is C50H69N7O14. The van der Waals surface area contributed by atoms with Gasteiger partial charge in [0.15, 0.2) is 0 Å². The summed E-state index contributed by atoms with van der Waals surface area (Å²) in [5.74, 6) is -2.63. The second-order valence-corrected chi connectivity index (χ2v) is 17.2. The van der Waals surface area contributed by atoms with Crippen LogP contribution in [0.15, 0.2) is 72.8 Å². The van der Waals surface area contributed by atoms with Crippen LogP contribution < -0.4 is 37.2 Å². The number of ketones is 1. The Morgan fingerprint density at radius 1 is 0.465 bits per heavy atom. The normalized spacial score (nSPS) is 11.9. The second kappa shape index (κ2) is 31.9. The van der Waals surface area contributed by atoms with Gasteiger partial charge in [-0.1, -0.05) is 13.8 Å². The summed E-state index contributed by atoms with van der Waals surface area (Å²) in [6.45, 7) is 4.36. The molecule has 0 saturated heterocycles. The molecule has 71 heavy (non-hydrogen) atoms. The lowest BCUT2D eigenvalue weighted by Crippen LogP contribution is -2.58. The van der Waals surface area contributed by atoms with E-state index in [9.17, 15) is 53.7 Å². The molecule has 0 aromatic heterocycles. The zero-order valence-corrected chi connectivity index (χ0v) is 40.6. The van der Waals surface area contributed by atoms with Crippen LogP contribution in [0.5, 0.6) is 17.2 Å². The molecule has 2 unspecified atom stereocenters. The molecule has 388 valence electrons. The van der Waals surface area contributed by atoms with Crippen molar-refractivity contribution in [2.75, 3.05) is 75.2 Å². The number of carbonyl (C=O) groups is 8. The molecule has 0 aliphatic carbocycles. The molecule has 0 fully saturated rings. The van der Waals surface area contributed by atoms with E-state index < -0.39 is 29.2 Å². The van der Waals surface area contributed by atoms with Gasteiger partial charge in [-0.25, -0.2) is 0 Å². The van der Waals surface area contributed by atoms with Crippen LogP contribution in [0.2, 0.25) is 0 Å². The third-order valence-electron chi connectivity index (χ3n) is 10.8. The van der Waals surface area contributed by atoms with Gasteiger partial charge in [0.1, 0.15) is 28.6 Å². The molecule has 0 saturated carbocycles. The molecule has 0 bridgehead atoms. The van der Waals surface area contributed by atoms with Crippen molar-refractivity contribution in [2.45, 2.75) is 84.1 Å². The summed E-state index contributed by atoms with van der Waals surface area (Å²) >= 11 is 0. The summed E-state index contributed by atoms with van der Waals surface area (Å²) in [5, 5.41) is 47.3. The van der Waals surface area contributed by atoms with Gasteiger partial charge in [-0.2, -0.15) is 0 Å². The first kappa shape index (κ1) is 58.2. The first-order valence-corrected chi connectivity index (χ1v) is 23.5. The zero-order valence-electron chi connectivity index (χ0n) is 40.6. The molecule has 10 N–H and O–H groups in total. The number of carbonyl (C=O) groups excluding carboxylic acids is 8. The molecule has 0 radical (unpaired) electrons. The van der Waals surface area contributed by atoms with E-state index in [-0.39, 0.29) is 157 Å². The molecule has 7 amide bonds. The van der Waals surface area contributed by atoms with Crippen molar-refractivity contribution in [3.8, 4) is 17.2 Å². The highest BCUT2D eigenvalue weighted by Crippen LogP contribution is 2.20. The first-order valence-electron chi connectivity index (χ1n) is 23.5. The van der Waals surface area contributed by atoms with Gasteiger partial charge in [-0.05, 0) is 98.5 Å². The van der Waals surface area contributed by atoms with E-state index in [2.05, 4.69) is 37.2 Å². The summed E-state index contributed by atoms with van der Waals surface area (Å²) in [6, 6.07) is 17.8. The highest BCUT2D eigenvalue weighted by Gasteiger charge is 2.34. The number of hydrogen-bond acceptors (Lipinski definition) is 14. The average molecular weight is 992 g/mol. The minimum absolute atomic E-state index is 0.0215. The molecule has 0 aliphatic rings. The number of amides is 7. The molecular weight excluding hydrogens is 923 g/mol. The number of aromatic hydroxyl groups is 3. The number of phenolic OH excluding ortho intramolecular Hbond substituents is 3. The van der Waals surface area contributed by atoms with Crippen LogP contribution in [0.1, 0.15) is 78.6 Å². The summed E-state index contributed by atoms with van der Waals surface area (Å²) < 4.78 is 17.9. The van der Waals surface area contributed by atoms with Crippen LogP contribution in [0.25, 0.3) is 0 Å². The minimum Gasteiger partial charge on any atom is -0.508 e. The van der Waals surface area contributed by atoms with Gasteiger partial charge in [0.25, 0.3) is 0 Å². The molecule has 3 rings (SSSR count). The summed E-state index contributed by atoms with van der Waals surface area (Å²) in [4.78, 5) is 101. The van der Waals surface area contributed by atoms with E-state index >= 15 is 0 Å². The quantitative estimate of drug-likeness (QED) is 0.0302. The molecule has 0 aliphatic heterocycles. The SMILES string of the molecule is CC(=O)C(C)CC(C)CCC(=O)NC(COCCC(=O)NCCC(=O)Nc1ccc(O)cc1)(COCCC(=O)NCCC(=O)Nc1ccc(O)cc1)COCCC(=O)NCCC(=O)Nc1ccc(O)cc1. The second-order valence-electron chi connectivity index (χ2n) is 17.2. The lowest BCUT2D eigenvalue weighted by atomic mass is 9.91. The summed E-state index contributed by atoms with van der Waals surface area (Å²) in [5.41, 5.74) is 0.0406. The van der Waals surface area contributed by atoms with E-state index in [0.29, 0.717) is 29.9 Å². The largest absolute Gasteiger partial charge is 0.508 e. The number of phenols is 3. The maximum Gasteiger partial charge on any atom is 0.226 e. The van der Waals surface area contributed by atoms with Gasteiger partial charge < -0.3 is 66.7 Å². The number of anilines is 3. The Morgan fingerprint density at radius 2 is 0.789 bits per heavy atom. The van der Waals surface area contributed by atoms with Crippen LogP contribution >= 0.6 is 0 Å². The van der Waals surface area contributed by atoms with Crippen molar-refractivity contribution in [1.29, 1.82) is 0 Å². The predicted molar refractivity (Wildman–Crippen MR) is 263 cm³/mol. The third-order valence-corrected chi connectivity index (χ3v) is 10.8. The van der Waals surface area contributed by atoms with Crippen LogP contribution in [0, 0.1) is 11.8 Å². The summed E-state index contributed by atoms with van der Waals surface area (Å²) in [6.07, 6.45) is 0.707. The maximum absolute atomic E-state index is 13.6. The Labute approximate surface area is 413 Å². The smallest absolute Gasteiger partial charge is 0.226 e. The van der Waals surface area contributed by atoms with E-state index in [1.165, 1.54) is 79.7 Å². The Hall–Kier alpha value is -7.10. The zero-order chi connectivity index (χ0) is 52.0. The molecule has 0 heterocycles. The Morgan fingerprint density at radius 3 is 1.10 bits per heavy atom. The lowest BCUT2D eigenvalue weighted by molar-refractivity contribution is -0.131. The fourth-order valence-corrected chi connectivity index (χ4v) is 6.67. The van der Waals surface area contributed by atoms with Gasteiger partial charge in [0.05, 0.1) is 39.6 Å². The Balaban J connectivity index is 1.61. The van der Waals surface area contributed by atoms with Gasteiger partial charge >= 0.3 is 0 Å². The molecule has 2 atom stereocenters. The minimum atomic E-state index is -1.40. The number of rotatable bonds is 34. The number of benzene rings is 3. The van der Waals surface area contributed by atoms with E-state index in [1.54, 1.807) is 0 Å². The van der Waals surface area contributed by atoms with Gasteiger partial charge in [0, 0.05) is 87.6 Å². The molecule has 3 aromatic carbocycles.